The van der Waals surface area contributed by atoms with Crippen LogP contribution < -0.4 is 16.0 Å². The van der Waals surface area contributed by atoms with E-state index in [1.165, 1.54) is 19.2 Å². The average Bonchev–Trinajstić information content (AvgIpc) is 2.63. The molecule has 7 nitrogen and oxygen atoms in total. The van der Waals surface area contributed by atoms with Crippen molar-refractivity contribution in [2.24, 2.45) is 5.84 Å². The average molecular weight is 372 g/mol. The minimum atomic E-state index is -1.16. The number of rotatable bonds is 6. The maximum atomic E-state index is 12.5. The number of hydrogen-bond donors (Lipinski definition) is 3. The number of benzene rings is 2. The van der Waals surface area contributed by atoms with Crippen LogP contribution in [0.2, 0.25) is 0 Å². The highest BCUT2D eigenvalue weighted by Gasteiger charge is 2.33. The molecule has 0 amide bonds. The summed E-state index contributed by atoms with van der Waals surface area (Å²) in [6, 6.07) is 10.0. The third-order valence-corrected chi connectivity index (χ3v) is 4.42. The fourth-order valence-electron chi connectivity index (χ4n) is 2.86. The lowest BCUT2D eigenvalue weighted by Gasteiger charge is -2.25. The number of ether oxygens (including phenoxy) is 2. The van der Waals surface area contributed by atoms with Crippen LogP contribution in [0.5, 0.6) is 11.5 Å². The monoisotopic (exact) mass is 372 g/mol. The Labute approximate surface area is 158 Å². The van der Waals surface area contributed by atoms with E-state index in [4.69, 9.17) is 15.3 Å². The molecule has 27 heavy (non-hydrogen) atoms. The molecule has 1 atom stereocenters. The second-order valence-corrected chi connectivity index (χ2v) is 6.60. The van der Waals surface area contributed by atoms with Crippen molar-refractivity contribution in [3.8, 4) is 11.5 Å². The van der Waals surface area contributed by atoms with Gasteiger partial charge in [0.15, 0.2) is 11.5 Å². The number of esters is 2. The van der Waals surface area contributed by atoms with Crippen molar-refractivity contribution >= 4 is 11.9 Å². The minimum absolute atomic E-state index is 0.0341. The molecule has 144 valence electrons. The lowest BCUT2D eigenvalue weighted by molar-refractivity contribution is -0.147. The highest BCUT2D eigenvalue weighted by atomic mass is 16.5. The van der Waals surface area contributed by atoms with Crippen LogP contribution in [-0.4, -0.2) is 29.7 Å². The zero-order valence-electron chi connectivity index (χ0n) is 15.8. The Kier molecular flexibility index (Phi) is 6.20. The number of methoxy groups -OCH3 is 1. The highest BCUT2D eigenvalue weighted by molar-refractivity contribution is 5.94. The number of aryl methyl sites for hydroxylation is 2. The molecule has 0 spiro atoms. The number of carbonyl (C=O) groups is 2. The van der Waals surface area contributed by atoms with E-state index in [1.807, 2.05) is 32.0 Å². The number of aromatic hydroxyl groups is 1. The summed E-state index contributed by atoms with van der Waals surface area (Å²) in [6.07, 6.45) is 0.175. The molecule has 0 saturated carbocycles. The maximum absolute atomic E-state index is 12.5. The largest absolute Gasteiger partial charge is 0.504 e. The molecule has 0 bridgehead atoms. The van der Waals surface area contributed by atoms with Gasteiger partial charge in [-0.15, -0.1) is 0 Å². The van der Waals surface area contributed by atoms with Gasteiger partial charge in [-0.3, -0.25) is 10.6 Å². The van der Waals surface area contributed by atoms with E-state index in [-0.39, 0.29) is 17.9 Å². The predicted molar refractivity (Wildman–Crippen MR) is 100 cm³/mol. The Hall–Kier alpha value is -2.90. The van der Waals surface area contributed by atoms with Gasteiger partial charge in [-0.1, -0.05) is 24.3 Å². The van der Waals surface area contributed by atoms with E-state index in [9.17, 15) is 14.7 Å². The standard InChI is InChI=1S/C20H24N2O5/c1-12-6-5-7-13(2)17(12)18(24)27-16-9-8-14(10-15(16)23)11-20(3,22-21)19(25)26-4/h5-10,22-23H,11,21H2,1-4H3. The fraction of sp³-hybridized carbons (Fsp3) is 0.300. The van der Waals surface area contributed by atoms with E-state index in [2.05, 4.69) is 5.43 Å². The van der Waals surface area contributed by atoms with Crippen molar-refractivity contribution in [3.05, 3.63) is 58.7 Å². The SMILES string of the molecule is COC(=O)C(C)(Cc1ccc(OC(=O)c2c(C)cccc2C)c(O)c1)NN. The summed E-state index contributed by atoms with van der Waals surface area (Å²) < 4.78 is 10.1. The summed E-state index contributed by atoms with van der Waals surface area (Å²) in [5.41, 5.74) is 3.94. The van der Waals surface area contributed by atoms with Crippen LogP contribution >= 0.6 is 0 Å². The number of nitrogens with one attached hydrogen (secondary N) is 1. The van der Waals surface area contributed by atoms with Crippen LogP contribution in [0.25, 0.3) is 0 Å². The molecule has 0 saturated heterocycles. The molecule has 0 aliphatic rings. The van der Waals surface area contributed by atoms with E-state index in [1.54, 1.807) is 13.0 Å². The second-order valence-electron chi connectivity index (χ2n) is 6.60. The molecule has 0 heterocycles. The first kappa shape index (κ1) is 20.4. The smallest absolute Gasteiger partial charge is 0.344 e. The lowest BCUT2D eigenvalue weighted by Crippen LogP contribution is -2.55. The van der Waals surface area contributed by atoms with E-state index in [0.717, 1.165) is 11.1 Å². The summed E-state index contributed by atoms with van der Waals surface area (Å²) in [6.45, 7) is 5.23. The summed E-state index contributed by atoms with van der Waals surface area (Å²) in [7, 11) is 1.27. The molecule has 0 aliphatic carbocycles. The number of hydrazine groups is 1. The van der Waals surface area contributed by atoms with Gasteiger partial charge >= 0.3 is 11.9 Å². The van der Waals surface area contributed by atoms with Gasteiger partial charge in [-0.2, -0.15) is 0 Å². The molecule has 0 fully saturated rings. The number of nitrogens with two attached hydrogens (primary N) is 1. The van der Waals surface area contributed by atoms with Gasteiger partial charge in [0, 0.05) is 6.42 Å². The normalized spacial score (nSPS) is 12.9. The minimum Gasteiger partial charge on any atom is -0.504 e. The summed E-state index contributed by atoms with van der Waals surface area (Å²) >= 11 is 0. The van der Waals surface area contributed by atoms with Gasteiger partial charge in [-0.25, -0.2) is 10.2 Å². The van der Waals surface area contributed by atoms with Gasteiger partial charge < -0.3 is 14.6 Å². The molecule has 7 heteroatoms. The quantitative estimate of drug-likeness (QED) is 0.308. The molecule has 4 N–H and O–H groups in total. The first-order valence-corrected chi connectivity index (χ1v) is 8.38. The van der Waals surface area contributed by atoms with Gasteiger partial charge in [0.1, 0.15) is 5.54 Å². The molecular weight excluding hydrogens is 348 g/mol. The van der Waals surface area contributed by atoms with Crippen molar-refractivity contribution in [3.63, 3.8) is 0 Å². The summed E-state index contributed by atoms with van der Waals surface area (Å²) in [5, 5.41) is 10.2. The Bertz CT molecular complexity index is 845. The molecule has 0 aliphatic heterocycles. The first-order valence-electron chi connectivity index (χ1n) is 8.38. The number of carbonyl (C=O) groups excluding carboxylic acids is 2. The predicted octanol–water partition coefficient (Wildman–Crippen LogP) is 2.17. The van der Waals surface area contributed by atoms with Gasteiger partial charge in [0.25, 0.3) is 0 Å². The van der Waals surface area contributed by atoms with Crippen LogP contribution in [0.15, 0.2) is 36.4 Å². The zero-order chi connectivity index (χ0) is 20.2. The maximum Gasteiger partial charge on any atom is 0.344 e. The van der Waals surface area contributed by atoms with Gasteiger partial charge in [0.2, 0.25) is 0 Å². The molecule has 1 unspecified atom stereocenters. The molecule has 0 radical (unpaired) electrons. The van der Waals surface area contributed by atoms with Crippen LogP contribution in [0.1, 0.15) is 34.0 Å². The second kappa shape index (κ2) is 8.20. The Morgan fingerprint density at radius 3 is 2.33 bits per heavy atom. The fourth-order valence-corrected chi connectivity index (χ4v) is 2.86. The molecule has 2 rings (SSSR count). The van der Waals surface area contributed by atoms with Crippen LogP contribution in [0.4, 0.5) is 0 Å². The Balaban J connectivity index is 2.22. The molecule has 0 aromatic heterocycles. The van der Waals surface area contributed by atoms with Crippen molar-refractivity contribution < 1.29 is 24.2 Å². The van der Waals surface area contributed by atoms with Gasteiger partial charge in [-0.05, 0) is 49.6 Å². The first-order chi connectivity index (χ1) is 12.7. The Morgan fingerprint density at radius 1 is 1.19 bits per heavy atom. The zero-order valence-corrected chi connectivity index (χ0v) is 15.8. The highest BCUT2D eigenvalue weighted by Crippen LogP contribution is 2.30. The van der Waals surface area contributed by atoms with E-state index >= 15 is 0 Å². The lowest BCUT2D eigenvalue weighted by atomic mass is 9.93. The third kappa shape index (κ3) is 4.45. The molecular formula is C20H24N2O5. The van der Waals surface area contributed by atoms with Crippen molar-refractivity contribution in [1.82, 2.24) is 5.43 Å². The summed E-state index contributed by atoms with van der Waals surface area (Å²) in [5.74, 6) is 4.22. The summed E-state index contributed by atoms with van der Waals surface area (Å²) in [4.78, 5) is 24.4. The molecule has 2 aromatic rings. The number of phenols is 1. The van der Waals surface area contributed by atoms with Crippen LogP contribution in [0.3, 0.4) is 0 Å². The number of phenolic OH excluding ortho intramolecular Hbond substituents is 1. The van der Waals surface area contributed by atoms with Crippen LogP contribution in [-0.2, 0) is 16.0 Å². The number of hydrogen-bond acceptors (Lipinski definition) is 7. The topological polar surface area (TPSA) is 111 Å². The van der Waals surface area contributed by atoms with E-state index in [0.29, 0.717) is 11.1 Å². The molecule has 2 aromatic carbocycles. The van der Waals surface area contributed by atoms with Crippen molar-refractivity contribution in [1.29, 1.82) is 0 Å². The van der Waals surface area contributed by atoms with Gasteiger partial charge in [0.05, 0.1) is 12.7 Å². The Morgan fingerprint density at radius 2 is 1.81 bits per heavy atom. The van der Waals surface area contributed by atoms with E-state index < -0.39 is 17.5 Å². The third-order valence-electron chi connectivity index (χ3n) is 4.42. The van der Waals surface area contributed by atoms with Crippen molar-refractivity contribution in [2.45, 2.75) is 32.7 Å². The van der Waals surface area contributed by atoms with Crippen molar-refractivity contribution in [2.75, 3.05) is 7.11 Å². The van der Waals surface area contributed by atoms with Crippen LogP contribution in [0, 0.1) is 13.8 Å².